The van der Waals surface area contributed by atoms with Crippen molar-refractivity contribution >= 4 is 69.6 Å². The van der Waals surface area contributed by atoms with Gasteiger partial charge in [0.2, 0.25) is 5.82 Å². The zero-order valence-corrected chi connectivity index (χ0v) is 18.6. The number of anilines is 1. The minimum atomic E-state index is -2.37. The van der Waals surface area contributed by atoms with Gasteiger partial charge >= 0.3 is 0 Å². The molecule has 1 aromatic heterocycles. The van der Waals surface area contributed by atoms with Crippen LogP contribution in [0.5, 0.6) is 5.75 Å². The maximum Gasteiger partial charge on any atom is 0.291 e. The number of benzene rings is 2. The van der Waals surface area contributed by atoms with Crippen LogP contribution in [0.4, 0.5) is 27.6 Å². The molecule has 0 aliphatic rings. The summed E-state index contributed by atoms with van der Waals surface area (Å²) in [6.07, 6.45) is 0. The Morgan fingerprint density at radius 1 is 0.781 bits per heavy atom. The van der Waals surface area contributed by atoms with Gasteiger partial charge < -0.3 is 14.5 Å². The third kappa shape index (κ3) is 4.45. The van der Waals surface area contributed by atoms with Crippen molar-refractivity contribution in [3.05, 3.63) is 77.9 Å². The number of halogens is 10. The van der Waals surface area contributed by atoms with Crippen LogP contribution in [0.15, 0.2) is 16.5 Å². The van der Waals surface area contributed by atoms with Crippen molar-refractivity contribution in [3.8, 4) is 5.75 Å². The fourth-order valence-electron chi connectivity index (χ4n) is 2.32. The molecular formula is C18H5Cl5F5NO3. The highest BCUT2D eigenvalue weighted by atomic mass is 35.5. The van der Waals surface area contributed by atoms with Gasteiger partial charge in [0.05, 0.1) is 15.1 Å². The number of furan rings is 1. The molecular weight excluding hydrogens is 550 g/mol. The van der Waals surface area contributed by atoms with Crippen LogP contribution >= 0.6 is 58.0 Å². The zero-order valence-electron chi connectivity index (χ0n) is 14.9. The molecule has 0 unspecified atom stereocenters. The molecule has 0 saturated heterocycles. The van der Waals surface area contributed by atoms with Gasteiger partial charge in [-0.25, -0.2) is 22.0 Å². The Bertz CT molecular complexity index is 1190. The second-order valence-electron chi connectivity index (χ2n) is 5.85. The van der Waals surface area contributed by atoms with Gasteiger partial charge in [-0.1, -0.05) is 58.0 Å². The van der Waals surface area contributed by atoms with Crippen molar-refractivity contribution in [1.82, 2.24) is 0 Å². The topological polar surface area (TPSA) is 51.5 Å². The lowest BCUT2D eigenvalue weighted by molar-refractivity contribution is 0.0991. The summed E-state index contributed by atoms with van der Waals surface area (Å²) in [7, 11) is 0. The molecule has 0 atom stereocenters. The molecule has 0 fully saturated rings. The fourth-order valence-corrected chi connectivity index (χ4v) is 3.55. The third-order valence-corrected chi connectivity index (χ3v) is 6.10. The maximum absolute atomic E-state index is 13.7. The van der Waals surface area contributed by atoms with Gasteiger partial charge in [0, 0.05) is 0 Å². The highest BCUT2D eigenvalue weighted by molar-refractivity contribution is 6.55. The number of ether oxygens (including phenoxy) is 1. The molecule has 0 radical (unpaired) electrons. The van der Waals surface area contributed by atoms with Crippen molar-refractivity contribution in [2.75, 3.05) is 5.32 Å². The predicted octanol–water partition coefficient (Wildman–Crippen LogP) is 8.07. The second kappa shape index (κ2) is 9.52. The van der Waals surface area contributed by atoms with Crippen molar-refractivity contribution in [1.29, 1.82) is 0 Å². The SMILES string of the molecule is O=C(Nc1c(F)c(F)c(F)c(F)c1F)c1ccc(COc2c(Cl)c(Cl)c(Cl)c(Cl)c2Cl)o1. The van der Waals surface area contributed by atoms with E-state index < -0.39 is 46.4 Å². The molecule has 0 bridgehead atoms. The van der Waals surface area contributed by atoms with Gasteiger partial charge in [-0.15, -0.1) is 0 Å². The first-order chi connectivity index (χ1) is 15.0. The highest BCUT2D eigenvalue weighted by Gasteiger charge is 2.28. The Hall–Kier alpha value is -1.91. The Morgan fingerprint density at radius 3 is 1.78 bits per heavy atom. The Labute approximate surface area is 200 Å². The van der Waals surface area contributed by atoms with Crippen LogP contribution in [0.25, 0.3) is 0 Å². The number of carbonyl (C=O) groups is 1. The average molecular weight is 555 g/mol. The molecule has 4 nitrogen and oxygen atoms in total. The number of carbonyl (C=O) groups excluding carboxylic acids is 1. The molecule has 0 aliphatic heterocycles. The van der Waals surface area contributed by atoms with Gasteiger partial charge in [0.25, 0.3) is 5.91 Å². The van der Waals surface area contributed by atoms with Crippen LogP contribution in [0.3, 0.4) is 0 Å². The van der Waals surface area contributed by atoms with Crippen LogP contribution in [0.2, 0.25) is 25.1 Å². The van der Waals surface area contributed by atoms with E-state index in [1.807, 2.05) is 0 Å². The second-order valence-corrected chi connectivity index (χ2v) is 7.74. The standard InChI is InChI=1S/C18H5Cl5F5NO3/c19-6-7(20)9(22)17(10(23)8(6)21)31-3-4-1-2-5(32-4)18(30)29-16-14(27)12(25)11(24)13(26)15(16)28/h1-2H,3H2,(H,29,30). The normalized spacial score (nSPS) is 11.1. The lowest BCUT2D eigenvalue weighted by Gasteiger charge is -2.12. The van der Waals surface area contributed by atoms with E-state index in [4.69, 9.17) is 67.2 Å². The molecule has 0 spiro atoms. The van der Waals surface area contributed by atoms with E-state index >= 15 is 0 Å². The number of hydrogen-bond donors (Lipinski definition) is 1. The van der Waals surface area contributed by atoms with Crippen LogP contribution in [-0.2, 0) is 6.61 Å². The molecule has 1 amide bonds. The summed E-state index contributed by atoms with van der Waals surface area (Å²) in [5.74, 6) is -13.2. The quantitative estimate of drug-likeness (QED) is 0.197. The van der Waals surface area contributed by atoms with Crippen molar-refractivity contribution < 1.29 is 35.9 Å². The molecule has 1 heterocycles. The van der Waals surface area contributed by atoms with E-state index in [-0.39, 0.29) is 43.2 Å². The van der Waals surface area contributed by atoms with Crippen molar-refractivity contribution in [2.24, 2.45) is 0 Å². The monoisotopic (exact) mass is 553 g/mol. The Morgan fingerprint density at radius 2 is 1.25 bits per heavy atom. The number of nitrogens with one attached hydrogen (secondary N) is 1. The van der Waals surface area contributed by atoms with Crippen molar-refractivity contribution in [2.45, 2.75) is 6.61 Å². The third-order valence-electron chi connectivity index (χ3n) is 3.86. The lowest BCUT2D eigenvalue weighted by Crippen LogP contribution is -2.16. The van der Waals surface area contributed by atoms with Crippen LogP contribution in [0.1, 0.15) is 16.3 Å². The smallest absolute Gasteiger partial charge is 0.291 e. The van der Waals surface area contributed by atoms with Gasteiger partial charge in [-0.3, -0.25) is 4.79 Å². The van der Waals surface area contributed by atoms with Crippen molar-refractivity contribution in [3.63, 3.8) is 0 Å². The summed E-state index contributed by atoms with van der Waals surface area (Å²) in [5.41, 5.74) is -1.54. The van der Waals surface area contributed by atoms with Crippen LogP contribution in [-0.4, -0.2) is 5.91 Å². The maximum atomic E-state index is 13.7. The van der Waals surface area contributed by atoms with Gasteiger partial charge in [-0.05, 0) is 12.1 Å². The van der Waals surface area contributed by atoms with Gasteiger partial charge in [-0.2, -0.15) is 0 Å². The lowest BCUT2D eigenvalue weighted by atomic mass is 10.2. The Balaban J connectivity index is 1.79. The fraction of sp³-hybridized carbons (Fsp3) is 0.0556. The summed E-state index contributed by atoms with van der Waals surface area (Å²) < 4.78 is 77.6. The summed E-state index contributed by atoms with van der Waals surface area (Å²) in [4.78, 5) is 12.1. The molecule has 14 heteroatoms. The van der Waals surface area contributed by atoms with E-state index in [2.05, 4.69) is 0 Å². The molecule has 32 heavy (non-hydrogen) atoms. The minimum absolute atomic E-state index is 0.0121. The minimum Gasteiger partial charge on any atom is -0.482 e. The number of rotatable bonds is 5. The van der Waals surface area contributed by atoms with E-state index in [0.29, 0.717) is 0 Å². The number of hydrogen-bond acceptors (Lipinski definition) is 3. The van der Waals surface area contributed by atoms with Gasteiger partial charge in [0.1, 0.15) is 28.1 Å². The first-order valence-electron chi connectivity index (χ1n) is 8.01. The molecule has 0 aliphatic carbocycles. The van der Waals surface area contributed by atoms with E-state index in [1.165, 1.54) is 6.07 Å². The molecule has 0 saturated carbocycles. The molecule has 3 aromatic rings. The van der Waals surface area contributed by atoms with E-state index in [1.54, 1.807) is 5.32 Å². The van der Waals surface area contributed by atoms with Gasteiger partial charge in [0.15, 0.2) is 34.8 Å². The first-order valence-corrected chi connectivity index (χ1v) is 9.90. The summed E-state index contributed by atoms with van der Waals surface area (Å²) in [5, 5.41) is 0.920. The average Bonchev–Trinajstić information content (AvgIpc) is 3.25. The molecule has 170 valence electrons. The van der Waals surface area contributed by atoms with E-state index in [0.717, 1.165) is 6.07 Å². The van der Waals surface area contributed by atoms with E-state index in [9.17, 15) is 26.7 Å². The first kappa shape index (κ1) is 24.7. The zero-order chi connectivity index (χ0) is 23.9. The molecule has 2 aromatic carbocycles. The highest BCUT2D eigenvalue weighted by Crippen LogP contribution is 2.48. The summed E-state index contributed by atoms with van der Waals surface area (Å²) in [6.45, 7) is -0.371. The van der Waals surface area contributed by atoms with Crippen LogP contribution < -0.4 is 10.1 Å². The molecule has 3 rings (SSSR count). The number of amides is 1. The molecule has 1 N–H and O–H groups in total. The predicted molar refractivity (Wildman–Crippen MR) is 109 cm³/mol. The Kier molecular flexibility index (Phi) is 7.36. The largest absolute Gasteiger partial charge is 0.482 e. The summed E-state index contributed by atoms with van der Waals surface area (Å²) in [6, 6.07) is 2.29. The van der Waals surface area contributed by atoms with Crippen LogP contribution in [0, 0.1) is 29.1 Å². The summed E-state index contributed by atoms with van der Waals surface area (Å²) >= 11 is 29.7.